The fourth-order valence-electron chi connectivity index (χ4n) is 20.8. The number of nitrogens with zero attached hydrogens (tertiary/aromatic N) is 3. The standard InChI is InChI=1S/C48H33NS.2C46H29NS3/c1-3-9-34(10-4-1)37-19-26-42(27-20-37)49(43-28-21-38(22-29-43)35-11-5-2-6-12-35)44-30-23-39(24-31-44)36-15-17-40(18-16-36)41-25-32-48-46(33-41)45-13-7-8-14-47(45)50-48;1-4-16-41-34(9-1)28-45(48-41)32-11-7-13-37(25-32)47(38-14-8-12-33(26-38)46-29-35-10-2-5-17-42(35)49-46)36-22-19-30(20-23-36)31-21-24-44-40(27-31)39-15-3-6-18-43(39)50-44;1-4-10-41-34(7-1)28-45(48-41)31-15-22-37(23-16-31)47(38-24-17-32(18-25-38)46-29-35-8-2-5-11-42(35)49-46)36-20-13-30(14-21-36)33-19-26-44-40(27-33)39-9-3-6-12-43(39)50-44/h1-33H;2*1-29H. The number of anilines is 9. The lowest BCUT2D eigenvalue weighted by atomic mass is 9.99. The molecule has 10 heteroatoms. The van der Waals surface area contributed by atoms with E-state index in [2.05, 4.69) is 567 Å². The lowest BCUT2D eigenvalue weighted by molar-refractivity contribution is 1.28. The molecule has 708 valence electrons. The van der Waals surface area contributed by atoms with Gasteiger partial charge in [0, 0.05) is 150 Å². The van der Waals surface area contributed by atoms with Crippen molar-refractivity contribution < 1.29 is 0 Å². The van der Waals surface area contributed by atoms with Crippen molar-refractivity contribution in [2.75, 3.05) is 14.7 Å². The first-order valence-electron chi connectivity index (χ1n) is 50.5. The first-order valence-corrected chi connectivity index (χ1v) is 56.2. The summed E-state index contributed by atoms with van der Waals surface area (Å²) in [6.07, 6.45) is 0. The van der Waals surface area contributed by atoms with Crippen molar-refractivity contribution in [1.29, 1.82) is 0 Å². The second-order valence-corrected chi connectivity index (χ2v) is 45.4. The Bertz CT molecular complexity index is 9540. The first-order chi connectivity index (χ1) is 74.2. The van der Waals surface area contributed by atoms with E-state index >= 15 is 0 Å². The predicted octanol–water partition coefficient (Wildman–Crippen LogP) is 44.1. The highest BCUT2D eigenvalue weighted by atomic mass is 32.1. The third kappa shape index (κ3) is 18.3. The van der Waals surface area contributed by atoms with Crippen molar-refractivity contribution in [3.05, 3.63) is 552 Å². The highest BCUT2D eigenvalue weighted by molar-refractivity contribution is 7.27. The number of fused-ring (bicyclic) bond motifs is 13. The van der Waals surface area contributed by atoms with Crippen LogP contribution in [0.25, 0.3) is 209 Å². The smallest absolute Gasteiger partial charge is 0.0468 e. The lowest BCUT2D eigenvalue weighted by Crippen LogP contribution is -2.10. The molecule has 22 aromatic carbocycles. The third-order valence-corrected chi connectivity index (χ3v) is 36.6. The molecule has 0 aliphatic carbocycles. The van der Waals surface area contributed by atoms with Gasteiger partial charge in [-0.15, -0.1) is 79.4 Å². The van der Waals surface area contributed by atoms with Crippen LogP contribution in [-0.4, -0.2) is 0 Å². The molecular formula is C140H91N3S7. The van der Waals surface area contributed by atoms with Crippen LogP contribution in [0.4, 0.5) is 51.2 Å². The summed E-state index contributed by atoms with van der Waals surface area (Å²) < 4.78 is 13.3. The summed E-state index contributed by atoms with van der Waals surface area (Å²) in [6.45, 7) is 0. The second-order valence-electron chi connectivity index (χ2n) is 37.8. The van der Waals surface area contributed by atoms with Crippen molar-refractivity contribution in [3.63, 3.8) is 0 Å². The van der Waals surface area contributed by atoms with Gasteiger partial charge in [-0.3, -0.25) is 0 Å². The van der Waals surface area contributed by atoms with Crippen LogP contribution in [0.15, 0.2) is 552 Å². The molecule has 0 bridgehead atoms. The van der Waals surface area contributed by atoms with Crippen molar-refractivity contribution in [3.8, 4) is 109 Å². The average molecular weight is 2040 g/mol. The minimum atomic E-state index is 1.11. The number of thiophene rings is 7. The zero-order valence-corrected chi connectivity index (χ0v) is 87.0. The van der Waals surface area contributed by atoms with Gasteiger partial charge < -0.3 is 14.7 Å². The Hall–Kier alpha value is -17.3. The second kappa shape index (κ2) is 40.2. The van der Waals surface area contributed by atoms with Gasteiger partial charge in [-0.25, -0.2) is 0 Å². The molecule has 0 aliphatic rings. The molecule has 0 N–H and O–H groups in total. The summed E-state index contributed by atoms with van der Waals surface area (Å²) in [7, 11) is 0. The maximum atomic E-state index is 2.40. The number of benzene rings is 22. The van der Waals surface area contributed by atoms with Crippen molar-refractivity contribution in [2.24, 2.45) is 0 Å². The molecule has 3 nitrogen and oxygen atoms in total. The summed E-state index contributed by atoms with van der Waals surface area (Å²) in [5, 5.41) is 13.1. The maximum Gasteiger partial charge on any atom is 0.0468 e. The molecule has 29 rings (SSSR count). The largest absolute Gasteiger partial charge is 0.311 e. The van der Waals surface area contributed by atoms with Gasteiger partial charge >= 0.3 is 0 Å². The Kier molecular flexibility index (Phi) is 24.5. The van der Waals surface area contributed by atoms with Gasteiger partial charge in [0.25, 0.3) is 0 Å². The molecule has 0 atom stereocenters. The quantitative estimate of drug-likeness (QED) is 0.0799. The van der Waals surface area contributed by atoms with Crippen molar-refractivity contribution in [1.82, 2.24) is 0 Å². The highest BCUT2D eigenvalue weighted by Gasteiger charge is 2.23. The molecule has 0 saturated heterocycles. The van der Waals surface area contributed by atoms with E-state index in [1.54, 1.807) is 0 Å². The molecule has 0 spiro atoms. The van der Waals surface area contributed by atoms with Crippen LogP contribution in [0.5, 0.6) is 0 Å². The zero-order chi connectivity index (χ0) is 99.3. The number of rotatable bonds is 19. The Morgan fingerprint density at radius 2 is 0.293 bits per heavy atom. The average Bonchev–Trinajstić information content (AvgIpc) is 1.58. The SMILES string of the molecule is c1cc(-c2cc3ccccc3s2)cc(N(c2ccc(-c3ccc4sc5ccccc5c4c3)cc2)c2cccc(-c3cc4ccccc4s3)c2)c1.c1ccc(-c2ccc(N(c3ccc(-c4ccccc4)cc3)c3ccc(-c4ccc(-c5ccc6sc7ccccc7c6c5)cc4)cc3)cc2)cc1.c1ccc2sc(-c3ccc(N(c4ccc(-c5ccc6sc7ccccc7c6c5)cc4)c4ccc(-c5cc6ccccc6s5)cc4)cc3)cc2c1. The molecule has 29 aromatic rings. The van der Waals surface area contributed by atoms with E-state index in [4.69, 9.17) is 0 Å². The molecule has 0 saturated carbocycles. The van der Waals surface area contributed by atoms with E-state index < -0.39 is 0 Å². The van der Waals surface area contributed by atoms with Gasteiger partial charge in [-0.05, 0) is 323 Å². The van der Waals surface area contributed by atoms with Gasteiger partial charge in [-0.2, -0.15) is 0 Å². The zero-order valence-electron chi connectivity index (χ0n) is 81.2. The summed E-state index contributed by atoms with van der Waals surface area (Å²) >= 11 is 13.0. The molecule has 0 fully saturated rings. The van der Waals surface area contributed by atoms with E-state index in [1.807, 2.05) is 79.4 Å². The minimum absolute atomic E-state index is 1.11. The van der Waals surface area contributed by atoms with Crippen LogP contribution < -0.4 is 14.7 Å². The molecular weight excluding hydrogens is 1950 g/mol. The van der Waals surface area contributed by atoms with Crippen LogP contribution in [0.3, 0.4) is 0 Å². The normalized spacial score (nSPS) is 11.5. The summed E-state index contributed by atoms with van der Waals surface area (Å²) in [6, 6.07) is 201. The summed E-state index contributed by atoms with van der Waals surface area (Å²) in [5.41, 5.74) is 29.6. The van der Waals surface area contributed by atoms with Crippen LogP contribution in [0, 0.1) is 0 Å². The van der Waals surface area contributed by atoms with Gasteiger partial charge in [0.05, 0.1) is 0 Å². The van der Waals surface area contributed by atoms with E-state index in [0.717, 1.165) is 51.2 Å². The van der Waals surface area contributed by atoms with E-state index in [1.165, 1.54) is 209 Å². The lowest BCUT2D eigenvalue weighted by Gasteiger charge is -2.26. The van der Waals surface area contributed by atoms with Crippen LogP contribution in [-0.2, 0) is 0 Å². The van der Waals surface area contributed by atoms with Crippen LogP contribution in [0.2, 0.25) is 0 Å². The van der Waals surface area contributed by atoms with E-state index in [0.29, 0.717) is 0 Å². The van der Waals surface area contributed by atoms with E-state index in [-0.39, 0.29) is 0 Å². The van der Waals surface area contributed by atoms with Gasteiger partial charge in [0.1, 0.15) is 0 Å². The Balaban J connectivity index is 0.000000111. The fourth-order valence-corrected chi connectivity index (χ4v) is 28.3. The topological polar surface area (TPSA) is 9.72 Å². The van der Waals surface area contributed by atoms with Gasteiger partial charge in [0.15, 0.2) is 0 Å². The first kappa shape index (κ1) is 91.4. The fraction of sp³-hybridized carbons (Fsp3) is 0. The molecule has 0 radical (unpaired) electrons. The van der Waals surface area contributed by atoms with Crippen LogP contribution >= 0.6 is 79.4 Å². The number of hydrogen-bond donors (Lipinski definition) is 0. The highest BCUT2D eigenvalue weighted by Crippen LogP contribution is 2.49. The Labute approximate surface area is 898 Å². The molecule has 0 amide bonds. The van der Waals surface area contributed by atoms with Crippen LogP contribution in [0.1, 0.15) is 0 Å². The molecule has 7 heterocycles. The van der Waals surface area contributed by atoms with Gasteiger partial charge in [0.2, 0.25) is 0 Å². The monoisotopic (exact) mass is 2040 g/mol. The molecule has 0 unspecified atom stereocenters. The Morgan fingerprint density at radius 3 is 0.567 bits per heavy atom. The predicted molar refractivity (Wildman–Crippen MR) is 658 cm³/mol. The number of hydrogen-bond acceptors (Lipinski definition) is 10. The summed E-state index contributed by atoms with van der Waals surface area (Å²) in [4.78, 5) is 12.2. The van der Waals surface area contributed by atoms with Crippen molar-refractivity contribution in [2.45, 2.75) is 0 Å². The Morgan fingerprint density at radius 1 is 0.100 bits per heavy atom. The van der Waals surface area contributed by atoms with E-state index in [9.17, 15) is 0 Å². The van der Waals surface area contributed by atoms with Crippen molar-refractivity contribution >= 4 is 231 Å². The molecule has 0 aliphatic heterocycles. The third-order valence-electron chi connectivity index (χ3n) is 28.5. The van der Waals surface area contributed by atoms with Gasteiger partial charge in [-0.1, -0.05) is 340 Å². The molecule has 150 heavy (non-hydrogen) atoms. The summed E-state index contributed by atoms with van der Waals surface area (Å²) in [5.74, 6) is 0. The minimum Gasteiger partial charge on any atom is -0.311 e. The molecule has 7 aromatic heterocycles. The maximum absolute atomic E-state index is 2.40.